The molecule has 0 bridgehead atoms. The molecule has 98 valence electrons. The molecule has 3 fully saturated rings. The van der Waals surface area contributed by atoms with Crippen molar-refractivity contribution in [3.8, 4) is 0 Å². The van der Waals surface area contributed by atoms with Gasteiger partial charge >= 0.3 is 0 Å². The Kier molecular flexibility index (Phi) is 2.47. The number of hydrogen-bond donors (Lipinski definition) is 0. The molecular formula is C14H21N3O. The minimum absolute atomic E-state index is 0.595. The Labute approximate surface area is 108 Å². The second kappa shape index (κ2) is 4.05. The number of rotatable bonds is 6. The molecule has 4 rings (SSSR count). The number of nitrogens with zero attached hydrogens (tertiary/aromatic N) is 3. The summed E-state index contributed by atoms with van der Waals surface area (Å²) in [6.45, 7) is 3.23. The van der Waals surface area contributed by atoms with Crippen LogP contribution in [0.2, 0.25) is 0 Å². The summed E-state index contributed by atoms with van der Waals surface area (Å²) in [4.78, 5) is 7.16. The van der Waals surface area contributed by atoms with Crippen LogP contribution in [0.5, 0.6) is 0 Å². The molecule has 4 heteroatoms. The Hall–Kier alpha value is -0.900. The van der Waals surface area contributed by atoms with Crippen LogP contribution in [0.4, 0.5) is 0 Å². The summed E-state index contributed by atoms with van der Waals surface area (Å²) in [6, 6.07) is 1.46. The van der Waals surface area contributed by atoms with Crippen molar-refractivity contribution in [2.75, 3.05) is 0 Å². The second-order valence-corrected chi connectivity index (χ2v) is 6.30. The highest BCUT2D eigenvalue weighted by Crippen LogP contribution is 2.41. The fourth-order valence-electron chi connectivity index (χ4n) is 2.86. The van der Waals surface area contributed by atoms with E-state index in [4.69, 9.17) is 4.52 Å². The largest absolute Gasteiger partial charge is 0.338 e. The van der Waals surface area contributed by atoms with Crippen LogP contribution in [0.3, 0.4) is 0 Å². The molecule has 4 nitrogen and oxygen atoms in total. The van der Waals surface area contributed by atoms with Gasteiger partial charge in [0.1, 0.15) is 0 Å². The molecule has 3 aliphatic carbocycles. The third-order valence-electron chi connectivity index (χ3n) is 4.59. The summed E-state index contributed by atoms with van der Waals surface area (Å²) in [6.07, 6.45) is 7.98. The molecule has 0 saturated heterocycles. The molecule has 0 aliphatic heterocycles. The lowest BCUT2D eigenvalue weighted by Gasteiger charge is -2.27. The molecule has 0 aromatic carbocycles. The molecule has 3 saturated carbocycles. The summed E-state index contributed by atoms with van der Waals surface area (Å²) in [5.74, 6) is 3.28. The van der Waals surface area contributed by atoms with Crippen molar-refractivity contribution in [1.82, 2.24) is 15.0 Å². The number of aromatic nitrogens is 2. The van der Waals surface area contributed by atoms with Crippen molar-refractivity contribution in [1.29, 1.82) is 0 Å². The molecule has 0 amide bonds. The van der Waals surface area contributed by atoms with E-state index in [-0.39, 0.29) is 0 Å². The van der Waals surface area contributed by atoms with Crippen LogP contribution in [-0.4, -0.2) is 27.1 Å². The van der Waals surface area contributed by atoms with Crippen molar-refractivity contribution >= 4 is 0 Å². The maximum absolute atomic E-state index is 5.42. The molecule has 0 radical (unpaired) electrons. The van der Waals surface area contributed by atoms with Gasteiger partial charge in [-0.05, 0) is 51.4 Å². The third kappa shape index (κ3) is 2.18. The summed E-state index contributed by atoms with van der Waals surface area (Å²) in [5, 5.41) is 4.12. The van der Waals surface area contributed by atoms with Crippen LogP contribution >= 0.6 is 0 Å². The molecule has 1 heterocycles. The molecule has 3 aliphatic rings. The van der Waals surface area contributed by atoms with Gasteiger partial charge in [0.15, 0.2) is 5.82 Å². The first-order chi connectivity index (χ1) is 8.81. The molecule has 1 unspecified atom stereocenters. The Morgan fingerprint density at radius 3 is 2.61 bits per heavy atom. The van der Waals surface area contributed by atoms with E-state index in [9.17, 15) is 0 Å². The lowest BCUT2D eigenvalue weighted by molar-refractivity contribution is 0.149. The van der Waals surface area contributed by atoms with Crippen LogP contribution < -0.4 is 0 Å². The molecule has 1 aromatic heterocycles. The minimum atomic E-state index is 0.595. The highest BCUT2D eigenvalue weighted by atomic mass is 16.5. The monoisotopic (exact) mass is 247 g/mol. The maximum Gasteiger partial charge on any atom is 0.240 e. The fraction of sp³-hybridized carbons (Fsp3) is 0.857. The van der Waals surface area contributed by atoms with Crippen molar-refractivity contribution < 1.29 is 4.52 Å². The molecule has 0 spiro atoms. The maximum atomic E-state index is 5.42. The molecule has 0 N–H and O–H groups in total. The Morgan fingerprint density at radius 1 is 1.22 bits per heavy atom. The highest BCUT2D eigenvalue weighted by molar-refractivity contribution is 5.04. The Bertz CT molecular complexity index is 432. The van der Waals surface area contributed by atoms with Crippen LogP contribution in [-0.2, 0) is 6.54 Å². The minimum Gasteiger partial charge on any atom is -0.338 e. The van der Waals surface area contributed by atoms with E-state index in [1.807, 2.05) is 0 Å². The zero-order chi connectivity index (χ0) is 12.1. The van der Waals surface area contributed by atoms with Gasteiger partial charge in [0.2, 0.25) is 5.89 Å². The van der Waals surface area contributed by atoms with Gasteiger partial charge in [0, 0.05) is 18.0 Å². The average molecular weight is 247 g/mol. The zero-order valence-corrected chi connectivity index (χ0v) is 11.0. The lowest BCUT2D eigenvalue weighted by Crippen LogP contribution is -2.36. The topological polar surface area (TPSA) is 42.2 Å². The van der Waals surface area contributed by atoms with Gasteiger partial charge in [0.25, 0.3) is 0 Å². The predicted molar refractivity (Wildman–Crippen MR) is 67.0 cm³/mol. The Balaban J connectivity index is 1.45. The first-order valence-electron chi connectivity index (χ1n) is 7.39. The van der Waals surface area contributed by atoms with Crippen molar-refractivity contribution in [3.63, 3.8) is 0 Å². The standard InChI is InChI=1S/C14H21N3O/c1-9(10-2-3-10)17(12-6-7-12)8-13-15-14(16-18-13)11-4-5-11/h9-12H,2-8H2,1H3. The summed E-state index contributed by atoms with van der Waals surface area (Å²) in [5.41, 5.74) is 0. The SMILES string of the molecule is CC(C1CC1)N(Cc1nc(C2CC2)no1)C1CC1. The van der Waals surface area contributed by atoms with Crippen molar-refractivity contribution in [3.05, 3.63) is 11.7 Å². The smallest absolute Gasteiger partial charge is 0.240 e. The van der Waals surface area contributed by atoms with Crippen LogP contribution in [0.25, 0.3) is 0 Å². The van der Waals surface area contributed by atoms with Gasteiger partial charge in [-0.3, -0.25) is 4.90 Å². The van der Waals surface area contributed by atoms with E-state index in [2.05, 4.69) is 22.0 Å². The van der Waals surface area contributed by atoms with Gasteiger partial charge in [-0.15, -0.1) is 0 Å². The normalized spacial score (nSPS) is 25.7. The summed E-state index contributed by atoms with van der Waals surface area (Å²) >= 11 is 0. The van der Waals surface area contributed by atoms with Crippen molar-refractivity contribution in [2.24, 2.45) is 5.92 Å². The quantitative estimate of drug-likeness (QED) is 0.775. The lowest BCUT2D eigenvalue weighted by atomic mass is 10.2. The van der Waals surface area contributed by atoms with Gasteiger partial charge in [-0.1, -0.05) is 5.16 Å². The Morgan fingerprint density at radius 2 is 2.00 bits per heavy atom. The highest BCUT2D eigenvalue weighted by Gasteiger charge is 2.40. The van der Waals surface area contributed by atoms with Gasteiger partial charge in [-0.25, -0.2) is 0 Å². The first kappa shape index (κ1) is 11.0. The second-order valence-electron chi connectivity index (χ2n) is 6.30. The average Bonchev–Trinajstić information content (AvgIpc) is 3.25. The number of hydrogen-bond acceptors (Lipinski definition) is 4. The summed E-state index contributed by atoms with van der Waals surface area (Å²) < 4.78 is 5.42. The van der Waals surface area contributed by atoms with E-state index in [1.165, 1.54) is 38.5 Å². The van der Waals surface area contributed by atoms with E-state index in [0.717, 1.165) is 30.2 Å². The van der Waals surface area contributed by atoms with Crippen LogP contribution in [0.15, 0.2) is 4.52 Å². The van der Waals surface area contributed by atoms with Gasteiger partial charge in [0.05, 0.1) is 6.54 Å². The van der Waals surface area contributed by atoms with Crippen LogP contribution in [0, 0.1) is 5.92 Å². The van der Waals surface area contributed by atoms with E-state index in [0.29, 0.717) is 12.0 Å². The molecule has 18 heavy (non-hydrogen) atoms. The van der Waals surface area contributed by atoms with Crippen molar-refractivity contribution in [2.45, 2.75) is 70.0 Å². The molecule has 1 aromatic rings. The zero-order valence-electron chi connectivity index (χ0n) is 11.0. The third-order valence-corrected chi connectivity index (χ3v) is 4.59. The van der Waals surface area contributed by atoms with Gasteiger partial charge in [-0.2, -0.15) is 4.98 Å². The predicted octanol–water partition coefficient (Wildman–Crippen LogP) is 2.71. The first-order valence-corrected chi connectivity index (χ1v) is 7.39. The fourth-order valence-corrected chi connectivity index (χ4v) is 2.86. The van der Waals surface area contributed by atoms with E-state index in [1.54, 1.807) is 0 Å². The molecule has 1 atom stereocenters. The van der Waals surface area contributed by atoms with E-state index >= 15 is 0 Å². The van der Waals surface area contributed by atoms with Crippen LogP contribution in [0.1, 0.15) is 63.1 Å². The van der Waals surface area contributed by atoms with E-state index < -0.39 is 0 Å². The summed E-state index contributed by atoms with van der Waals surface area (Å²) in [7, 11) is 0. The molecular weight excluding hydrogens is 226 g/mol. The van der Waals surface area contributed by atoms with Gasteiger partial charge < -0.3 is 4.52 Å².